The van der Waals surface area contributed by atoms with Crippen molar-refractivity contribution in [2.75, 3.05) is 7.11 Å². The molecule has 0 spiro atoms. The lowest BCUT2D eigenvalue weighted by Gasteiger charge is -1.94. The molecule has 0 aliphatic carbocycles. The first-order valence-electron chi connectivity index (χ1n) is 3.26. The maximum Gasteiger partial charge on any atom is 0.333 e. The maximum atomic E-state index is 10.8. The second-order valence-electron chi connectivity index (χ2n) is 1.96. The van der Waals surface area contributed by atoms with E-state index in [4.69, 9.17) is 0 Å². The van der Waals surface area contributed by atoms with Crippen LogP contribution in [0.15, 0.2) is 36.5 Å². The summed E-state index contributed by atoms with van der Waals surface area (Å²) in [5.41, 5.74) is 0.575. The SMILES string of the molecule is C=C/C=C\C=C(/C)C(=O)OC. The van der Waals surface area contributed by atoms with E-state index in [1.807, 2.05) is 0 Å². The van der Waals surface area contributed by atoms with Gasteiger partial charge in [0.25, 0.3) is 0 Å². The highest BCUT2D eigenvalue weighted by molar-refractivity contribution is 5.87. The van der Waals surface area contributed by atoms with Crippen LogP contribution in [-0.4, -0.2) is 13.1 Å². The molecule has 0 saturated heterocycles. The van der Waals surface area contributed by atoms with Crippen LogP contribution in [0.3, 0.4) is 0 Å². The van der Waals surface area contributed by atoms with Crippen molar-refractivity contribution in [1.82, 2.24) is 0 Å². The van der Waals surface area contributed by atoms with Gasteiger partial charge in [-0.3, -0.25) is 0 Å². The van der Waals surface area contributed by atoms with Gasteiger partial charge in [-0.15, -0.1) is 0 Å². The summed E-state index contributed by atoms with van der Waals surface area (Å²) in [6.45, 7) is 5.18. The Morgan fingerprint density at radius 3 is 2.55 bits per heavy atom. The fourth-order valence-electron chi connectivity index (χ4n) is 0.507. The van der Waals surface area contributed by atoms with E-state index in [-0.39, 0.29) is 5.97 Å². The fraction of sp³-hybridized carbons (Fsp3) is 0.222. The van der Waals surface area contributed by atoms with Crippen molar-refractivity contribution in [1.29, 1.82) is 0 Å². The van der Waals surface area contributed by atoms with Crippen molar-refractivity contribution in [2.24, 2.45) is 0 Å². The van der Waals surface area contributed by atoms with Gasteiger partial charge < -0.3 is 4.74 Å². The predicted molar refractivity (Wildman–Crippen MR) is 45.1 cm³/mol. The second kappa shape index (κ2) is 5.47. The van der Waals surface area contributed by atoms with Crippen LogP contribution in [0, 0.1) is 0 Å². The molecule has 0 aromatic carbocycles. The molecule has 0 saturated carbocycles. The number of carbonyl (C=O) groups excluding carboxylic acids is 1. The number of rotatable bonds is 3. The number of carbonyl (C=O) groups is 1. The summed E-state index contributed by atoms with van der Waals surface area (Å²) < 4.78 is 4.48. The molecular formula is C9H12O2. The molecule has 0 heterocycles. The summed E-state index contributed by atoms with van der Waals surface area (Å²) in [6, 6.07) is 0. The first-order chi connectivity index (χ1) is 5.22. The number of allylic oxidation sites excluding steroid dienone is 4. The lowest BCUT2D eigenvalue weighted by Crippen LogP contribution is -2.00. The number of hydrogen-bond donors (Lipinski definition) is 0. The molecule has 0 N–H and O–H groups in total. The van der Waals surface area contributed by atoms with Crippen LogP contribution in [0.25, 0.3) is 0 Å². The van der Waals surface area contributed by atoms with E-state index in [9.17, 15) is 4.79 Å². The summed E-state index contributed by atoms with van der Waals surface area (Å²) in [5, 5.41) is 0. The fourth-order valence-corrected chi connectivity index (χ4v) is 0.507. The topological polar surface area (TPSA) is 26.3 Å². The quantitative estimate of drug-likeness (QED) is 0.350. The Bertz CT molecular complexity index is 200. The van der Waals surface area contributed by atoms with Gasteiger partial charge in [0, 0.05) is 5.57 Å². The highest BCUT2D eigenvalue weighted by atomic mass is 16.5. The Morgan fingerprint density at radius 1 is 1.45 bits per heavy atom. The minimum Gasteiger partial charge on any atom is -0.466 e. The van der Waals surface area contributed by atoms with E-state index in [0.717, 1.165) is 0 Å². The zero-order valence-corrected chi connectivity index (χ0v) is 6.83. The third-order valence-electron chi connectivity index (χ3n) is 1.10. The van der Waals surface area contributed by atoms with E-state index >= 15 is 0 Å². The Hall–Kier alpha value is -1.31. The summed E-state index contributed by atoms with van der Waals surface area (Å²) in [4.78, 5) is 10.8. The maximum absolute atomic E-state index is 10.8. The van der Waals surface area contributed by atoms with Crippen LogP contribution < -0.4 is 0 Å². The van der Waals surface area contributed by atoms with Gasteiger partial charge in [0.15, 0.2) is 0 Å². The van der Waals surface area contributed by atoms with Crippen molar-refractivity contribution < 1.29 is 9.53 Å². The third-order valence-corrected chi connectivity index (χ3v) is 1.10. The monoisotopic (exact) mass is 152 g/mol. The molecule has 0 radical (unpaired) electrons. The molecule has 2 nitrogen and oxygen atoms in total. The predicted octanol–water partition coefficient (Wildman–Crippen LogP) is 1.85. The van der Waals surface area contributed by atoms with E-state index in [0.29, 0.717) is 5.57 Å². The van der Waals surface area contributed by atoms with E-state index in [1.54, 1.807) is 31.2 Å². The molecule has 0 aromatic rings. The minimum atomic E-state index is -0.307. The minimum absolute atomic E-state index is 0.307. The highest BCUT2D eigenvalue weighted by Gasteiger charge is 1.99. The van der Waals surface area contributed by atoms with Crippen LogP contribution >= 0.6 is 0 Å². The first-order valence-corrected chi connectivity index (χ1v) is 3.26. The van der Waals surface area contributed by atoms with E-state index < -0.39 is 0 Å². The number of methoxy groups -OCH3 is 1. The molecule has 0 amide bonds. The molecule has 0 atom stereocenters. The van der Waals surface area contributed by atoms with Gasteiger partial charge in [-0.25, -0.2) is 4.79 Å². The molecule has 0 aromatic heterocycles. The van der Waals surface area contributed by atoms with Gasteiger partial charge in [0.1, 0.15) is 0 Å². The summed E-state index contributed by atoms with van der Waals surface area (Å²) in [6.07, 6.45) is 6.79. The molecule has 0 unspecified atom stereocenters. The summed E-state index contributed by atoms with van der Waals surface area (Å²) in [7, 11) is 1.36. The van der Waals surface area contributed by atoms with Gasteiger partial charge in [0.05, 0.1) is 7.11 Å². The lowest BCUT2D eigenvalue weighted by molar-refractivity contribution is -0.136. The third kappa shape index (κ3) is 4.14. The van der Waals surface area contributed by atoms with Gasteiger partial charge in [0.2, 0.25) is 0 Å². The van der Waals surface area contributed by atoms with Gasteiger partial charge in [-0.1, -0.05) is 30.9 Å². The van der Waals surface area contributed by atoms with Crippen LogP contribution in [0.5, 0.6) is 0 Å². The average molecular weight is 152 g/mol. The largest absolute Gasteiger partial charge is 0.466 e. The van der Waals surface area contributed by atoms with Crippen molar-refractivity contribution >= 4 is 5.97 Å². The Labute approximate surface area is 66.9 Å². The van der Waals surface area contributed by atoms with Gasteiger partial charge in [-0.05, 0) is 6.92 Å². The molecule has 0 bridgehead atoms. The molecule has 2 heteroatoms. The molecule has 0 aliphatic rings. The number of esters is 1. The van der Waals surface area contributed by atoms with Gasteiger partial charge in [-0.2, -0.15) is 0 Å². The molecule has 11 heavy (non-hydrogen) atoms. The lowest BCUT2D eigenvalue weighted by atomic mass is 10.3. The molecule has 0 rings (SSSR count). The van der Waals surface area contributed by atoms with Crippen LogP contribution in [0.2, 0.25) is 0 Å². The Kier molecular flexibility index (Phi) is 4.82. The summed E-state index contributed by atoms with van der Waals surface area (Å²) >= 11 is 0. The normalized spacial score (nSPS) is 11.6. The zero-order valence-electron chi connectivity index (χ0n) is 6.83. The Balaban J connectivity index is 4.10. The standard InChI is InChI=1S/C9H12O2/c1-4-5-6-7-8(2)9(10)11-3/h4-7H,1H2,2-3H3/b6-5-,8-7+. The number of ether oxygens (including phenoxy) is 1. The van der Waals surface area contributed by atoms with Crippen molar-refractivity contribution in [3.05, 3.63) is 36.5 Å². The molecule has 60 valence electrons. The van der Waals surface area contributed by atoms with Crippen molar-refractivity contribution in [3.8, 4) is 0 Å². The van der Waals surface area contributed by atoms with Crippen LogP contribution in [-0.2, 0) is 9.53 Å². The van der Waals surface area contributed by atoms with Crippen LogP contribution in [0.4, 0.5) is 0 Å². The van der Waals surface area contributed by atoms with E-state index in [2.05, 4.69) is 11.3 Å². The molecule has 0 fully saturated rings. The summed E-state index contributed by atoms with van der Waals surface area (Å²) in [5.74, 6) is -0.307. The van der Waals surface area contributed by atoms with Crippen molar-refractivity contribution in [3.63, 3.8) is 0 Å². The first kappa shape index (κ1) is 9.69. The average Bonchev–Trinajstić information content (AvgIpc) is 2.03. The Morgan fingerprint density at radius 2 is 2.09 bits per heavy atom. The van der Waals surface area contributed by atoms with Gasteiger partial charge >= 0.3 is 5.97 Å². The molecule has 0 aliphatic heterocycles. The van der Waals surface area contributed by atoms with E-state index in [1.165, 1.54) is 7.11 Å². The number of hydrogen-bond acceptors (Lipinski definition) is 2. The van der Waals surface area contributed by atoms with Crippen LogP contribution in [0.1, 0.15) is 6.92 Å². The second-order valence-corrected chi connectivity index (χ2v) is 1.96. The van der Waals surface area contributed by atoms with Crippen molar-refractivity contribution in [2.45, 2.75) is 6.92 Å². The highest BCUT2D eigenvalue weighted by Crippen LogP contribution is 1.95. The zero-order chi connectivity index (χ0) is 8.69. The molecular weight excluding hydrogens is 140 g/mol. The smallest absolute Gasteiger partial charge is 0.333 e.